The fraction of sp³-hybridized carbons (Fsp3) is 0.300. The van der Waals surface area contributed by atoms with Crippen molar-refractivity contribution in [3.8, 4) is 5.75 Å². The molecule has 0 aliphatic rings. The molecule has 0 saturated carbocycles. The monoisotopic (exact) mass is 196 g/mol. The molecule has 2 unspecified atom stereocenters. The van der Waals surface area contributed by atoms with Crippen molar-refractivity contribution in [2.24, 2.45) is 0 Å². The second kappa shape index (κ2) is 5.36. The summed E-state index contributed by atoms with van der Waals surface area (Å²) < 4.78 is 5.12. The lowest BCUT2D eigenvalue weighted by molar-refractivity contribution is -0.121. The molecule has 0 radical (unpaired) electrons. The van der Waals surface area contributed by atoms with Gasteiger partial charge in [0.2, 0.25) is 0 Å². The standard InChI is InChI=1S/C10H12O4/c11-6-9(12)10(13)7-14-8-4-2-1-3-5-8/h1-6,9-10,12-13H,7H2. The van der Waals surface area contributed by atoms with E-state index in [0.717, 1.165) is 0 Å². The van der Waals surface area contributed by atoms with E-state index in [0.29, 0.717) is 5.75 Å². The van der Waals surface area contributed by atoms with Crippen molar-refractivity contribution >= 4 is 6.29 Å². The summed E-state index contributed by atoms with van der Waals surface area (Å²) in [6.45, 7) is -0.107. The van der Waals surface area contributed by atoms with E-state index < -0.39 is 12.2 Å². The van der Waals surface area contributed by atoms with Crippen molar-refractivity contribution in [2.75, 3.05) is 6.61 Å². The van der Waals surface area contributed by atoms with Gasteiger partial charge in [-0.2, -0.15) is 0 Å². The number of aldehydes is 1. The maximum atomic E-state index is 10.1. The highest BCUT2D eigenvalue weighted by atomic mass is 16.5. The van der Waals surface area contributed by atoms with Crippen LogP contribution in [0, 0.1) is 0 Å². The van der Waals surface area contributed by atoms with Crippen LogP contribution in [0.25, 0.3) is 0 Å². The highest BCUT2D eigenvalue weighted by molar-refractivity contribution is 5.56. The van der Waals surface area contributed by atoms with Crippen molar-refractivity contribution in [2.45, 2.75) is 12.2 Å². The van der Waals surface area contributed by atoms with Gasteiger partial charge in [-0.1, -0.05) is 18.2 Å². The van der Waals surface area contributed by atoms with Gasteiger partial charge < -0.3 is 19.7 Å². The summed E-state index contributed by atoms with van der Waals surface area (Å²) >= 11 is 0. The molecule has 1 aromatic carbocycles. The molecule has 0 saturated heterocycles. The molecule has 0 fully saturated rings. The number of carbonyl (C=O) groups excluding carboxylic acids is 1. The Morgan fingerprint density at radius 2 is 1.93 bits per heavy atom. The van der Waals surface area contributed by atoms with Crippen LogP contribution in [-0.4, -0.2) is 35.3 Å². The molecular formula is C10H12O4. The number of hydrogen-bond donors (Lipinski definition) is 2. The molecule has 0 heterocycles. The first-order chi connectivity index (χ1) is 6.74. The first-order valence-electron chi connectivity index (χ1n) is 4.23. The molecular weight excluding hydrogens is 184 g/mol. The first kappa shape index (κ1) is 10.7. The van der Waals surface area contributed by atoms with Crippen molar-refractivity contribution < 1.29 is 19.7 Å². The van der Waals surface area contributed by atoms with Crippen molar-refractivity contribution in [3.63, 3.8) is 0 Å². The normalized spacial score (nSPS) is 14.4. The van der Waals surface area contributed by atoms with Crippen molar-refractivity contribution in [1.29, 1.82) is 0 Å². The van der Waals surface area contributed by atoms with Gasteiger partial charge in [-0.3, -0.25) is 0 Å². The van der Waals surface area contributed by atoms with Gasteiger partial charge in [-0.25, -0.2) is 0 Å². The summed E-state index contributed by atoms with van der Waals surface area (Å²) in [6.07, 6.45) is -2.30. The van der Waals surface area contributed by atoms with E-state index in [1.807, 2.05) is 6.07 Å². The van der Waals surface area contributed by atoms with Gasteiger partial charge in [0.15, 0.2) is 6.29 Å². The zero-order chi connectivity index (χ0) is 10.4. The van der Waals surface area contributed by atoms with Crippen LogP contribution in [0.5, 0.6) is 5.75 Å². The third-order valence-electron chi connectivity index (χ3n) is 1.70. The second-order valence-corrected chi connectivity index (χ2v) is 2.82. The molecule has 4 nitrogen and oxygen atoms in total. The van der Waals surface area contributed by atoms with Gasteiger partial charge in [0.05, 0.1) is 0 Å². The highest BCUT2D eigenvalue weighted by Gasteiger charge is 2.15. The van der Waals surface area contributed by atoms with E-state index in [-0.39, 0.29) is 12.9 Å². The number of hydrogen-bond acceptors (Lipinski definition) is 4. The van der Waals surface area contributed by atoms with Crippen LogP contribution in [0.4, 0.5) is 0 Å². The Hall–Kier alpha value is -1.39. The molecule has 0 amide bonds. The van der Waals surface area contributed by atoms with Crippen LogP contribution in [0.15, 0.2) is 30.3 Å². The predicted molar refractivity (Wildman–Crippen MR) is 50.0 cm³/mol. The summed E-state index contributed by atoms with van der Waals surface area (Å²) in [5, 5.41) is 18.1. The third-order valence-corrected chi connectivity index (χ3v) is 1.70. The zero-order valence-corrected chi connectivity index (χ0v) is 7.54. The van der Waals surface area contributed by atoms with Crippen LogP contribution < -0.4 is 4.74 Å². The minimum atomic E-state index is -1.39. The summed E-state index contributed by atoms with van der Waals surface area (Å²) in [6, 6.07) is 8.86. The maximum Gasteiger partial charge on any atom is 0.151 e. The minimum absolute atomic E-state index is 0.107. The summed E-state index contributed by atoms with van der Waals surface area (Å²) in [5.74, 6) is 0.588. The predicted octanol–water partition coefficient (Wildman–Crippen LogP) is -0.0139. The Kier molecular flexibility index (Phi) is 4.10. The van der Waals surface area contributed by atoms with E-state index in [4.69, 9.17) is 9.84 Å². The van der Waals surface area contributed by atoms with Crippen LogP contribution in [0.1, 0.15) is 0 Å². The van der Waals surface area contributed by atoms with Crippen molar-refractivity contribution in [1.82, 2.24) is 0 Å². The van der Waals surface area contributed by atoms with Gasteiger partial charge in [0.1, 0.15) is 24.6 Å². The molecule has 1 aromatic rings. The number of benzene rings is 1. The van der Waals surface area contributed by atoms with Crippen LogP contribution in [0.3, 0.4) is 0 Å². The molecule has 0 aliphatic carbocycles. The SMILES string of the molecule is O=CC(O)C(O)COc1ccccc1. The van der Waals surface area contributed by atoms with E-state index in [9.17, 15) is 9.90 Å². The zero-order valence-electron chi connectivity index (χ0n) is 7.54. The second-order valence-electron chi connectivity index (χ2n) is 2.82. The number of aliphatic hydroxyl groups excluding tert-OH is 2. The molecule has 0 aliphatic heterocycles. The van der Waals surface area contributed by atoms with Gasteiger partial charge in [-0.15, -0.1) is 0 Å². The lowest BCUT2D eigenvalue weighted by Gasteiger charge is -2.13. The molecule has 0 aromatic heterocycles. The van der Waals surface area contributed by atoms with Crippen LogP contribution in [0.2, 0.25) is 0 Å². The smallest absolute Gasteiger partial charge is 0.151 e. The average molecular weight is 196 g/mol. The Morgan fingerprint density at radius 1 is 1.29 bits per heavy atom. The Bertz CT molecular complexity index is 273. The van der Waals surface area contributed by atoms with Gasteiger partial charge in [0, 0.05) is 0 Å². The summed E-state index contributed by atoms with van der Waals surface area (Å²) in [4.78, 5) is 10.1. The van der Waals surface area contributed by atoms with E-state index >= 15 is 0 Å². The van der Waals surface area contributed by atoms with E-state index in [1.165, 1.54) is 0 Å². The van der Waals surface area contributed by atoms with Gasteiger partial charge in [-0.05, 0) is 12.1 Å². The van der Waals surface area contributed by atoms with Crippen molar-refractivity contribution in [3.05, 3.63) is 30.3 Å². The number of para-hydroxylation sites is 1. The van der Waals surface area contributed by atoms with Crippen LogP contribution >= 0.6 is 0 Å². The molecule has 2 N–H and O–H groups in total. The topological polar surface area (TPSA) is 66.8 Å². The third kappa shape index (κ3) is 3.16. The molecule has 1 rings (SSSR count). The molecule has 0 bridgehead atoms. The fourth-order valence-corrected chi connectivity index (χ4v) is 0.888. The largest absolute Gasteiger partial charge is 0.491 e. The number of ether oxygens (including phenoxy) is 1. The Labute approximate surface area is 81.8 Å². The number of aliphatic hydroxyl groups is 2. The number of carbonyl (C=O) groups is 1. The highest BCUT2D eigenvalue weighted by Crippen LogP contribution is 2.08. The molecule has 76 valence electrons. The van der Waals surface area contributed by atoms with E-state index in [1.54, 1.807) is 24.3 Å². The number of rotatable bonds is 5. The van der Waals surface area contributed by atoms with Crippen LogP contribution in [-0.2, 0) is 4.79 Å². The van der Waals surface area contributed by atoms with E-state index in [2.05, 4.69) is 0 Å². The fourth-order valence-electron chi connectivity index (χ4n) is 0.888. The van der Waals surface area contributed by atoms with Gasteiger partial charge in [0.25, 0.3) is 0 Å². The molecule has 14 heavy (non-hydrogen) atoms. The molecule has 4 heteroatoms. The minimum Gasteiger partial charge on any atom is -0.491 e. The van der Waals surface area contributed by atoms with Gasteiger partial charge >= 0.3 is 0 Å². The molecule has 2 atom stereocenters. The quantitative estimate of drug-likeness (QED) is 0.650. The first-order valence-corrected chi connectivity index (χ1v) is 4.23. The lowest BCUT2D eigenvalue weighted by atomic mass is 10.2. The average Bonchev–Trinajstić information content (AvgIpc) is 2.26. The molecule has 0 spiro atoms. The lowest BCUT2D eigenvalue weighted by Crippen LogP contribution is -2.32. The Balaban J connectivity index is 2.37. The summed E-state index contributed by atoms with van der Waals surface area (Å²) in [7, 11) is 0. The maximum absolute atomic E-state index is 10.1. The Morgan fingerprint density at radius 3 is 2.50 bits per heavy atom. The summed E-state index contributed by atoms with van der Waals surface area (Å²) in [5.41, 5.74) is 0.